The normalized spacial score (nSPS) is 22.6. The first-order chi connectivity index (χ1) is 9.67. The van der Waals surface area contributed by atoms with E-state index in [1.54, 1.807) is 14.2 Å². The summed E-state index contributed by atoms with van der Waals surface area (Å²) in [4.78, 5) is 0. The molecule has 2 atom stereocenters. The summed E-state index contributed by atoms with van der Waals surface area (Å²) in [6.45, 7) is 0.624. The molecule has 1 aliphatic carbocycles. The van der Waals surface area contributed by atoms with Crippen LogP contribution in [0.1, 0.15) is 31.2 Å². The van der Waals surface area contributed by atoms with E-state index in [0.29, 0.717) is 23.7 Å². The largest absolute Gasteiger partial charge is 0.494 e. The smallest absolute Gasteiger partial charge is 0.150 e. The van der Waals surface area contributed by atoms with Crippen molar-refractivity contribution in [2.45, 2.75) is 44.4 Å². The minimum Gasteiger partial charge on any atom is -0.494 e. The third kappa shape index (κ3) is 3.16. The molecule has 1 saturated carbocycles. The minimum absolute atomic E-state index is 0.150. The topological polar surface area (TPSA) is 76.7 Å². The fourth-order valence-electron chi connectivity index (χ4n) is 2.78. The van der Waals surface area contributed by atoms with Crippen LogP contribution >= 0.6 is 0 Å². The van der Waals surface area contributed by atoms with Crippen molar-refractivity contribution in [2.75, 3.05) is 20.0 Å². The number of nitrogens with two attached hydrogens (primary N) is 1. The second-order valence-electron chi connectivity index (χ2n) is 5.21. The van der Waals surface area contributed by atoms with Crippen LogP contribution in [0.25, 0.3) is 0 Å². The number of nitrogens with one attached hydrogen (secondary N) is 1. The average molecular weight is 280 g/mol. The van der Waals surface area contributed by atoms with Crippen LogP contribution in [0.4, 0.5) is 5.69 Å². The van der Waals surface area contributed by atoms with Crippen LogP contribution in [0.15, 0.2) is 12.1 Å². The predicted octanol–water partition coefficient (Wildman–Crippen LogP) is 1.68. The van der Waals surface area contributed by atoms with Crippen molar-refractivity contribution in [3.05, 3.63) is 17.7 Å². The van der Waals surface area contributed by atoms with E-state index in [-0.39, 0.29) is 12.1 Å². The highest BCUT2D eigenvalue weighted by molar-refractivity contribution is 5.65. The summed E-state index contributed by atoms with van der Waals surface area (Å²) in [7, 11) is 3.19. The first-order valence-corrected chi connectivity index (χ1v) is 7.08. The molecule has 112 valence electrons. The van der Waals surface area contributed by atoms with Gasteiger partial charge in [-0.1, -0.05) is 18.9 Å². The molecule has 5 nitrogen and oxygen atoms in total. The van der Waals surface area contributed by atoms with Crippen LogP contribution in [0.5, 0.6) is 11.5 Å². The molecule has 0 saturated heterocycles. The molecule has 20 heavy (non-hydrogen) atoms. The molecule has 1 fully saturated rings. The number of ether oxygens (including phenoxy) is 2. The first-order valence-electron chi connectivity index (χ1n) is 7.08. The number of methoxy groups -OCH3 is 2. The molecule has 5 heteroatoms. The Morgan fingerprint density at radius 3 is 2.65 bits per heavy atom. The Morgan fingerprint density at radius 2 is 2.00 bits per heavy atom. The lowest BCUT2D eigenvalue weighted by molar-refractivity contribution is 0.0901. The summed E-state index contributed by atoms with van der Waals surface area (Å²) < 4.78 is 10.6. The highest BCUT2D eigenvalue weighted by atomic mass is 16.5. The quantitative estimate of drug-likeness (QED) is 0.715. The number of rotatable bonds is 5. The maximum absolute atomic E-state index is 9.97. The summed E-state index contributed by atoms with van der Waals surface area (Å²) in [5.41, 5.74) is 7.50. The first kappa shape index (κ1) is 14.9. The standard InChI is InChI=1S/C15H24N2O3/c1-19-13-8-7-10(15(20-2)14(13)16)9-17-11-5-3-4-6-12(11)18/h7-8,11-12,17-18H,3-6,9,16H2,1-2H3. The molecule has 0 radical (unpaired) electrons. The van der Waals surface area contributed by atoms with E-state index in [0.717, 1.165) is 31.2 Å². The molecule has 4 N–H and O–H groups in total. The molecular weight excluding hydrogens is 256 g/mol. The molecular formula is C15H24N2O3. The lowest BCUT2D eigenvalue weighted by Gasteiger charge is -2.28. The predicted molar refractivity (Wildman–Crippen MR) is 79.1 cm³/mol. The van der Waals surface area contributed by atoms with E-state index in [2.05, 4.69) is 5.32 Å². The zero-order valence-electron chi connectivity index (χ0n) is 12.2. The van der Waals surface area contributed by atoms with E-state index >= 15 is 0 Å². The zero-order chi connectivity index (χ0) is 14.5. The Morgan fingerprint density at radius 1 is 1.25 bits per heavy atom. The van der Waals surface area contributed by atoms with E-state index in [4.69, 9.17) is 15.2 Å². The van der Waals surface area contributed by atoms with Gasteiger partial charge in [-0.15, -0.1) is 0 Å². The van der Waals surface area contributed by atoms with E-state index in [9.17, 15) is 5.11 Å². The Labute approximate surface area is 120 Å². The lowest BCUT2D eigenvalue weighted by atomic mass is 9.92. The van der Waals surface area contributed by atoms with Gasteiger partial charge in [0.2, 0.25) is 0 Å². The molecule has 0 amide bonds. The monoisotopic (exact) mass is 280 g/mol. The van der Waals surface area contributed by atoms with Gasteiger partial charge in [0.25, 0.3) is 0 Å². The second kappa shape index (κ2) is 6.81. The molecule has 1 aliphatic rings. The molecule has 0 aliphatic heterocycles. The van der Waals surface area contributed by atoms with Crippen LogP contribution in [0, 0.1) is 0 Å². The molecule has 1 aromatic carbocycles. The van der Waals surface area contributed by atoms with Crippen molar-refractivity contribution in [1.82, 2.24) is 5.32 Å². The molecule has 2 rings (SSSR count). The fourth-order valence-corrected chi connectivity index (χ4v) is 2.78. The number of hydrogen-bond donors (Lipinski definition) is 3. The van der Waals surface area contributed by atoms with Crippen LogP contribution < -0.4 is 20.5 Å². The van der Waals surface area contributed by atoms with Gasteiger partial charge in [-0.3, -0.25) is 0 Å². The molecule has 1 aromatic rings. The third-order valence-electron chi connectivity index (χ3n) is 3.95. The van der Waals surface area contributed by atoms with Gasteiger partial charge in [-0.25, -0.2) is 0 Å². The summed E-state index contributed by atoms with van der Waals surface area (Å²) in [5.74, 6) is 1.26. The van der Waals surface area contributed by atoms with Gasteiger partial charge in [-0.05, 0) is 18.9 Å². The Balaban J connectivity index is 2.07. The maximum Gasteiger partial charge on any atom is 0.150 e. The number of aliphatic hydroxyl groups is 1. The summed E-state index contributed by atoms with van der Waals surface area (Å²) in [6.07, 6.45) is 3.90. The summed E-state index contributed by atoms with van der Waals surface area (Å²) >= 11 is 0. The van der Waals surface area contributed by atoms with Gasteiger partial charge < -0.3 is 25.6 Å². The van der Waals surface area contributed by atoms with Crippen molar-refractivity contribution in [2.24, 2.45) is 0 Å². The van der Waals surface area contributed by atoms with Crippen molar-refractivity contribution >= 4 is 5.69 Å². The second-order valence-corrected chi connectivity index (χ2v) is 5.21. The van der Waals surface area contributed by atoms with Crippen LogP contribution in [-0.4, -0.2) is 31.5 Å². The van der Waals surface area contributed by atoms with E-state index in [1.165, 1.54) is 0 Å². The van der Waals surface area contributed by atoms with Crippen molar-refractivity contribution < 1.29 is 14.6 Å². The Hall–Kier alpha value is -1.46. The van der Waals surface area contributed by atoms with Crippen molar-refractivity contribution in [1.29, 1.82) is 0 Å². The van der Waals surface area contributed by atoms with E-state index in [1.807, 2.05) is 12.1 Å². The van der Waals surface area contributed by atoms with Gasteiger partial charge in [0.05, 0.1) is 20.3 Å². The highest BCUT2D eigenvalue weighted by Crippen LogP contribution is 2.34. The van der Waals surface area contributed by atoms with Gasteiger partial charge in [0, 0.05) is 18.2 Å². The number of anilines is 1. The van der Waals surface area contributed by atoms with Gasteiger partial charge in [0.1, 0.15) is 17.2 Å². The molecule has 0 spiro atoms. The van der Waals surface area contributed by atoms with E-state index < -0.39 is 0 Å². The van der Waals surface area contributed by atoms with Crippen LogP contribution in [0.3, 0.4) is 0 Å². The van der Waals surface area contributed by atoms with Gasteiger partial charge in [-0.2, -0.15) is 0 Å². The van der Waals surface area contributed by atoms with Crippen molar-refractivity contribution in [3.63, 3.8) is 0 Å². The zero-order valence-corrected chi connectivity index (χ0v) is 12.2. The fraction of sp³-hybridized carbons (Fsp3) is 0.600. The SMILES string of the molecule is COc1ccc(CNC2CCCCC2O)c(OC)c1N. The average Bonchev–Trinajstić information content (AvgIpc) is 2.46. The van der Waals surface area contributed by atoms with Crippen LogP contribution in [0.2, 0.25) is 0 Å². The third-order valence-corrected chi connectivity index (χ3v) is 3.95. The molecule has 0 heterocycles. The lowest BCUT2D eigenvalue weighted by Crippen LogP contribution is -2.41. The molecule has 2 unspecified atom stereocenters. The summed E-state index contributed by atoms with van der Waals surface area (Å²) in [5, 5.41) is 13.4. The maximum atomic E-state index is 9.97. The van der Waals surface area contributed by atoms with Gasteiger partial charge >= 0.3 is 0 Å². The number of nitrogen functional groups attached to an aromatic ring is 1. The Bertz CT molecular complexity index is 451. The molecule has 0 bridgehead atoms. The van der Waals surface area contributed by atoms with Crippen molar-refractivity contribution in [3.8, 4) is 11.5 Å². The van der Waals surface area contributed by atoms with Crippen LogP contribution in [-0.2, 0) is 6.54 Å². The molecule has 0 aromatic heterocycles. The number of hydrogen-bond acceptors (Lipinski definition) is 5. The Kier molecular flexibility index (Phi) is 5.09. The minimum atomic E-state index is -0.259. The highest BCUT2D eigenvalue weighted by Gasteiger charge is 2.23. The number of benzene rings is 1. The van der Waals surface area contributed by atoms with Gasteiger partial charge in [0.15, 0.2) is 0 Å². The summed E-state index contributed by atoms with van der Waals surface area (Å²) in [6, 6.07) is 3.93. The number of aliphatic hydroxyl groups excluding tert-OH is 1.